The Hall–Kier alpha value is -1.51. The van der Waals surface area contributed by atoms with E-state index in [1.165, 1.54) is 0 Å². The molecule has 1 rings (SSSR count). The molecule has 0 aromatic heterocycles. The van der Waals surface area contributed by atoms with E-state index in [9.17, 15) is 4.79 Å². The van der Waals surface area contributed by atoms with Gasteiger partial charge in [-0.05, 0) is 44.0 Å². The van der Waals surface area contributed by atoms with Gasteiger partial charge in [-0.1, -0.05) is 13.8 Å². The van der Waals surface area contributed by atoms with E-state index in [-0.39, 0.29) is 5.91 Å². The van der Waals surface area contributed by atoms with E-state index in [1.807, 2.05) is 36.1 Å². The number of rotatable bonds is 7. The summed E-state index contributed by atoms with van der Waals surface area (Å²) in [6.07, 6.45) is 1.98. The summed E-state index contributed by atoms with van der Waals surface area (Å²) in [5.74, 6) is 0.924. The molecular weight excluding hydrogens is 226 g/mol. The normalized spacial score (nSPS) is 10.2. The molecule has 0 bridgehead atoms. The Morgan fingerprint density at radius 1 is 1.06 bits per heavy atom. The molecule has 0 aliphatic rings. The molecule has 0 N–H and O–H groups in total. The quantitative estimate of drug-likeness (QED) is 0.741. The molecule has 0 spiro atoms. The number of carbonyl (C=O) groups is 1. The molecule has 0 fully saturated rings. The van der Waals surface area contributed by atoms with Crippen molar-refractivity contribution in [1.29, 1.82) is 0 Å². The zero-order valence-corrected chi connectivity index (χ0v) is 11.6. The third-order valence-electron chi connectivity index (χ3n) is 2.69. The van der Waals surface area contributed by atoms with Crippen LogP contribution in [0.3, 0.4) is 0 Å². The number of amides is 1. The van der Waals surface area contributed by atoms with Crippen LogP contribution < -0.4 is 4.74 Å². The molecule has 0 unspecified atom stereocenters. The van der Waals surface area contributed by atoms with Gasteiger partial charge in [0.05, 0.1) is 6.61 Å². The first kappa shape index (κ1) is 14.6. The fraction of sp³-hybridized carbons (Fsp3) is 0.533. The lowest BCUT2D eigenvalue weighted by Gasteiger charge is -2.21. The standard InChI is InChI=1S/C15H23NO2/c1-4-11-16(12-5-2)15(17)13-7-9-14(10-8-13)18-6-3/h7-10H,4-6,11-12H2,1-3H3. The van der Waals surface area contributed by atoms with Crippen molar-refractivity contribution < 1.29 is 9.53 Å². The van der Waals surface area contributed by atoms with Gasteiger partial charge in [0.2, 0.25) is 0 Å². The van der Waals surface area contributed by atoms with Crippen molar-refractivity contribution in [2.24, 2.45) is 0 Å². The Bertz CT molecular complexity index is 353. The molecule has 1 aromatic rings. The van der Waals surface area contributed by atoms with Gasteiger partial charge in [0.25, 0.3) is 5.91 Å². The second-order valence-corrected chi connectivity index (χ2v) is 4.25. The lowest BCUT2D eigenvalue weighted by Crippen LogP contribution is -2.32. The van der Waals surface area contributed by atoms with Gasteiger partial charge in [0.15, 0.2) is 0 Å². The highest BCUT2D eigenvalue weighted by atomic mass is 16.5. The Kier molecular flexibility index (Phi) is 6.26. The highest BCUT2D eigenvalue weighted by molar-refractivity contribution is 5.94. The molecule has 0 aliphatic carbocycles. The maximum atomic E-state index is 12.3. The summed E-state index contributed by atoms with van der Waals surface area (Å²) in [6.45, 7) is 8.41. The van der Waals surface area contributed by atoms with Crippen molar-refractivity contribution >= 4 is 5.91 Å². The Labute approximate surface area is 110 Å². The average Bonchev–Trinajstić information content (AvgIpc) is 2.39. The fourth-order valence-electron chi connectivity index (χ4n) is 1.90. The summed E-state index contributed by atoms with van der Waals surface area (Å²) >= 11 is 0. The summed E-state index contributed by atoms with van der Waals surface area (Å²) in [5.41, 5.74) is 0.736. The molecular formula is C15H23NO2. The van der Waals surface area contributed by atoms with Gasteiger partial charge < -0.3 is 9.64 Å². The Balaban J connectivity index is 2.74. The van der Waals surface area contributed by atoms with E-state index in [4.69, 9.17) is 4.74 Å². The van der Waals surface area contributed by atoms with Crippen LogP contribution in [0.25, 0.3) is 0 Å². The summed E-state index contributed by atoms with van der Waals surface area (Å²) in [5, 5.41) is 0. The molecule has 0 radical (unpaired) electrons. The Morgan fingerprint density at radius 2 is 1.61 bits per heavy atom. The predicted octanol–water partition coefficient (Wildman–Crippen LogP) is 3.35. The molecule has 0 aliphatic heterocycles. The minimum atomic E-state index is 0.113. The molecule has 0 heterocycles. The van der Waals surface area contributed by atoms with Crippen LogP contribution in [0.4, 0.5) is 0 Å². The molecule has 0 saturated heterocycles. The summed E-state index contributed by atoms with van der Waals surface area (Å²) in [6, 6.07) is 7.39. The minimum Gasteiger partial charge on any atom is -0.494 e. The minimum absolute atomic E-state index is 0.113. The van der Waals surface area contributed by atoms with Gasteiger partial charge in [-0.25, -0.2) is 0 Å². The van der Waals surface area contributed by atoms with E-state index < -0.39 is 0 Å². The number of ether oxygens (including phenoxy) is 1. The van der Waals surface area contributed by atoms with Gasteiger partial charge in [-0.15, -0.1) is 0 Å². The van der Waals surface area contributed by atoms with Gasteiger partial charge in [-0.2, -0.15) is 0 Å². The maximum Gasteiger partial charge on any atom is 0.253 e. The van der Waals surface area contributed by atoms with E-state index in [0.717, 1.165) is 37.2 Å². The van der Waals surface area contributed by atoms with Crippen molar-refractivity contribution in [2.75, 3.05) is 19.7 Å². The van der Waals surface area contributed by atoms with Crippen LogP contribution in [0.2, 0.25) is 0 Å². The van der Waals surface area contributed by atoms with E-state index in [1.54, 1.807) is 0 Å². The Morgan fingerprint density at radius 3 is 2.06 bits per heavy atom. The van der Waals surface area contributed by atoms with Crippen LogP contribution in [0, 0.1) is 0 Å². The lowest BCUT2D eigenvalue weighted by atomic mass is 10.2. The van der Waals surface area contributed by atoms with Crippen molar-refractivity contribution in [3.05, 3.63) is 29.8 Å². The summed E-state index contributed by atoms with van der Waals surface area (Å²) < 4.78 is 5.37. The number of hydrogen-bond acceptors (Lipinski definition) is 2. The smallest absolute Gasteiger partial charge is 0.253 e. The van der Waals surface area contributed by atoms with Crippen molar-refractivity contribution in [3.8, 4) is 5.75 Å². The molecule has 3 nitrogen and oxygen atoms in total. The summed E-state index contributed by atoms with van der Waals surface area (Å²) in [4.78, 5) is 14.2. The highest BCUT2D eigenvalue weighted by Gasteiger charge is 2.13. The molecule has 3 heteroatoms. The maximum absolute atomic E-state index is 12.3. The number of carbonyl (C=O) groups excluding carboxylic acids is 1. The highest BCUT2D eigenvalue weighted by Crippen LogP contribution is 2.14. The van der Waals surface area contributed by atoms with E-state index >= 15 is 0 Å². The SMILES string of the molecule is CCCN(CCC)C(=O)c1ccc(OCC)cc1. The largest absolute Gasteiger partial charge is 0.494 e. The average molecular weight is 249 g/mol. The molecule has 0 atom stereocenters. The summed E-state index contributed by atoms with van der Waals surface area (Å²) in [7, 11) is 0. The number of benzene rings is 1. The fourth-order valence-corrected chi connectivity index (χ4v) is 1.90. The van der Waals surface area contributed by atoms with Crippen LogP contribution in [-0.2, 0) is 0 Å². The van der Waals surface area contributed by atoms with Gasteiger partial charge in [0.1, 0.15) is 5.75 Å². The number of hydrogen-bond donors (Lipinski definition) is 0. The first-order valence-electron chi connectivity index (χ1n) is 6.75. The number of nitrogens with zero attached hydrogens (tertiary/aromatic N) is 1. The van der Waals surface area contributed by atoms with Gasteiger partial charge in [0, 0.05) is 18.7 Å². The second-order valence-electron chi connectivity index (χ2n) is 4.25. The van der Waals surface area contributed by atoms with E-state index in [2.05, 4.69) is 13.8 Å². The molecule has 1 aromatic carbocycles. The van der Waals surface area contributed by atoms with Crippen LogP contribution in [0.1, 0.15) is 44.0 Å². The molecule has 0 saturated carbocycles. The van der Waals surface area contributed by atoms with Crippen molar-refractivity contribution in [1.82, 2.24) is 4.90 Å². The lowest BCUT2D eigenvalue weighted by molar-refractivity contribution is 0.0755. The van der Waals surface area contributed by atoms with Gasteiger partial charge in [-0.3, -0.25) is 4.79 Å². The van der Waals surface area contributed by atoms with Crippen LogP contribution in [0.5, 0.6) is 5.75 Å². The van der Waals surface area contributed by atoms with Crippen molar-refractivity contribution in [2.45, 2.75) is 33.6 Å². The van der Waals surface area contributed by atoms with Crippen molar-refractivity contribution in [3.63, 3.8) is 0 Å². The third kappa shape index (κ3) is 4.06. The monoisotopic (exact) mass is 249 g/mol. The zero-order valence-electron chi connectivity index (χ0n) is 11.6. The predicted molar refractivity (Wildman–Crippen MR) is 74.1 cm³/mol. The topological polar surface area (TPSA) is 29.5 Å². The first-order valence-corrected chi connectivity index (χ1v) is 6.75. The van der Waals surface area contributed by atoms with Crippen LogP contribution in [0.15, 0.2) is 24.3 Å². The van der Waals surface area contributed by atoms with Crippen LogP contribution >= 0.6 is 0 Å². The second kappa shape index (κ2) is 7.75. The van der Waals surface area contributed by atoms with Crippen LogP contribution in [-0.4, -0.2) is 30.5 Å². The molecule has 18 heavy (non-hydrogen) atoms. The molecule has 1 amide bonds. The third-order valence-corrected chi connectivity index (χ3v) is 2.69. The zero-order chi connectivity index (χ0) is 13.4. The van der Waals surface area contributed by atoms with E-state index in [0.29, 0.717) is 6.61 Å². The molecule has 100 valence electrons. The van der Waals surface area contributed by atoms with Gasteiger partial charge >= 0.3 is 0 Å². The first-order chi connectivity index (χ1) is 8.72.